The van der Waals surface area contributed by atoms with Crippen LogP contribution < -0.4 is 4.74 Å². The molecule has 17 heavy (non-hydrogen) atoms. The first-order valence-electron chi connectivity index (χ1n) is 5.42. The summed E-state index contributed by atoms with van der Waals surface area (Å²) in [6, 6.07) is 2.06. The number of ether oxygens (including phenoxy) is 1. The molecule has 0 saturated heterocycles. The summed E-state index contributed by atoms with van der Waals surface area (Å²) in [6.45, 7) is 7.68. The van der Waals surface area contributed by atoms with E-state index in [9.17, 15) is 4.79 Å². The van der Waals surface area contributed by atoms with Gasteiger partial charge in [-0.05, 0) is 44.4 Å². The molecule has 0 spiro atoms. The van der Waals surface area contributed by atoms with Crippen LogP contribution in [0.4, 0.5) is 0 Å². The van der Waals surface area contributed by atoms with Gasteiger partial charge in [0.15, 0.2) is 0 Å². The molecule has 94 valence electrons. The van der Waals surface area contributed by atoms with Crippen LogP contribution in [0.15, 0.2) is 11.0 Å². The number of hydrogen-bond donors (Lipinski definition) is 1. The molecule has 0 heterocycles. The van der Waals surface area contributed by atoms with Crippen LogP contribution in [-0.4, -0.2) is 23.4 Å². The SMILES string of the molecule is COc1c(C)c(C)cc(C)c1SC(C)C(=O)O. The number of rotatable bonds is 4. The van der Waals surface area contributed by atoms with Gasteiger partial charge in [0.1, 0.15) is 11.0 Å². The smallest absolute Gasteiger partial charge is 0.316 e. The number of aliphatic carboxylic acids is 1. The number of benzene rings is 1. The van der Waals surface area contributed by atoms with Crippen molar-refractivity contribution in [3.05, 3.63) is 22.8 Å². The van der Waals surface area contributed by atoms with E-state index in [-0.39, 0.29) is 0 Å². The lowest BCUT2D eigenvalue weighted by Crippen LogP contribution is -2.12. The molecule has 1 N–H and O–H groups in total. The van der Waals surface area contributed by atoms with Gasteiger partial charge in [-0.2, -0.15) is 0 Å². The third-order valence-corrected chi connectivity index (χ3v) is 4.07. The first-order chi connectivity index (χ1) is 7.88. The Morgan fingerprint density at radius 3 is 2.41 bits per heavy atom. The first kappa shape index (κ1) is 13.9. The fourth-order valence-electron chi connectivity index (χ4n) is 1.65. The molecule has 0 bridgehead atoms. The summed E-state index contributed by atoms with van der Waals surface area (Å²) in [6.07, 6.45) is 0. The van der Waals surface area contributed by atoms with Crippen LogP contribution >= 0.6 is 11.8 Å². The molecule has 0 radical (unpaired) electrons. The van der Waals surface area contributed by atoms with Crippen LogP contribution in [-0.2, 0) is 4.79 Å². The molecule has 0 aliphatic heterocycles. The molecule has 0 saturated carbocycles. The summed E-state index contributed by atoms with van der Waals surface area (Å²) in [5, 5.41) is 8.48. The largest absolute Gasteiger partial charge is 0.495 e. The Hall–Kier alpha value is -1.16. The molecule has 0 aliphatic carbocycles. The van der Waals surface area contributed by atoms with Gasteiger partial charge < -0.3 is 9.84 Å². The third kappa shape index (κ3) is 2.94. The van der Waals surface area contributed by atoms with Crippen molar-refractivity contribution in [3.8, 4) is 5.75 Å². The van der Waals surface area contributed by atoms with Crippen molar-refractivity contribution in [3.63, 3.8) is 0 Å². The topological polar surface area (TPSA) is 46.5 Å². The molecule has 0 aliphatic rings. The Labute approximate surface area is 106 Å². The van der Waals surface area contributed by atoms with E-state index in [1.807, 2.05) is 20.8 Å². The van der Waals surface area contributed by atoms with Crippen LogP contribution in [0.25, 0.3) is 0 Å². The van der Waals surface area contributed by atoms with Gasteiger partial charge in [-0.15, -0.1) is 11.8 Å². The number of thioether (sulfide) groups is 1. The molecule has 0 fully saturated rings. The molecular weight excluding hydrogens is 236 g/mol. The van der Waals surface area contributed by atoms with Gasteiger partial charge in [-0.3, -0.25) is 4.79 Å². The molecule has 1 atom stereocenters. The lowest BCUT2D eigenvalue weighted by Gasteiger charge is -2.17. The maximum atomic E-state index is 10.9. The summed E-state index contributed by atoms with van der Waals surface area (Å²) in [7, 11) is 1.62. The summed E-state index contributed by atoms with van der Waals surface area (Å²) >= 11 is 1.33. The highest BCUT2D eigenvalue weighted by molar-refractivity contribution is 8.00. The standard InChI is InChI=1S/C13H18O3S/c1-7-6-8(2)12(11(16-5)9(7)3)17-10(4)13(14)15/h6,10H,1-5H3,(H,14,15). The number of hydrogen-bond acceptors (Lipinski definition) is 3. The van der Waals surface area contributed by atoms with Gasteiger partial charge in [-0.1, -0.05) is 6.07 Å². The van der Waals surface area contributed by atoms with Crippen molar-refractivity contribution >= 4 is 17.7 Å². The normalized spacial score (nSPS) is 12.3. The van der Waals surface area contributed by atoms with E-state index < -0.39 is 11.2 Å². The summed E-state index contributed by atoms with van der Waals surface area (Å²) in [5.74, 6) is -0.0183. The number of carbonyl (C=O) groups is 1. The van der Waals surface area contributed by atoms with Crippen LogP contribution in [0.1, 0.15) is 23.6 Å². The van der Waals surface area contributed by atoms with Crippen molar-refractivity contribution in [2.45, 2.75) is 37.8 Å². The quantitative estimate of drug-likeness (QED) is 0.838. The van der Waals surface area contributed by atoms with Crippen molar-refractivity contribution in [2.24, 2.45) is 0 Å². The molecule has 0 aromatic heterocycles. The highest BCUT2D eigenvalue weighted by Crippen LogP contribution is 2.38. The minimum Gasteiger partial charge on any atom is -0.495 e. The van der Waals surface area contributed by atoms with Gasteiger partial charge in [0.25, 0.3) is 0 Å². The molecule has 1 aromatic carbocycles. The predicted molar refractivity (Wildman–Crippen MR) is 70.2 cm³/mol. The minimum absolute atomic E-state index is 0.482. The van der Waals surface area contributed by atoms with Gasteiger partial charge in [0, 0.05) is 0 Å². The van der Waals surface area contributed by atoms with E-state index in [1.165, 1.54) is 11.8 Å². The minimum atomic E-state index is -0.810. The zero-order valence-corrected chi connectivity index (χ0v) is 11.6. The Kier molecular flexibility index (Phi) is 4.46. The van der Waals surface area contributed by atoms with Crippen molar-refractivity contribution in [1.82, 2.24) is 0 Å². The third-order valence-electron chi connectivity index (χ3n) is 2.78. The highest BCUT2D eigenvalue weighted by Gasteiger charge is 2.19. The van der Waals surface area contributed by atoms with E-state index in [0.29, 0.717) is 0 Å². The Bertz CT molecular complexity index is 441. The monoisotopic (exact) mass is 254 g/mol. The van der Waals surface area contributed by atoms with Crippen LogP contribution in [0.2, 0.25) is 0 Å². The Morgan fingerprint density at radius 1 is 1.35 bits per heavy atom. The summed E-state index contributed by atoms with van der Waals surface area (Å²) in [4.78, 5) is 11.8. The second-order valence-electron chi connectivity index (χ2n) is 4.10. The maximum absolute atomic E-state index is 10.9. The summed E-state index contributed by atoms with van der Waals surface area (Å²) < 4.78 is 5.40. The maximum Gasteiger partial charge on any atom is 0.316 e. The molecule has 1 rings (SSSR count). The van der Waals surface area contributed by atoms with Gasteiger partial charge >= 0.3 is 5.97 Å². The highest BCUT2D eigenvalue weighted by atomic mass is 32.2. The fraction of sp³-hybridized carbons (Fsp3) is 0.462. The average molecular weight is 254 g/mol. The van der Waals surface area contributed by atoms with Crippen LogP contribution in [0, 0.1) is 20.8 Å². The Morgan fingerprint density at radius 2 is 1.94 bits per heavy atom. The van der Waals surface area contributed by atoms with Gasteiger partial charge in [0.05, 0.1) is 12.0 Å². The number of carboxylic acids is 1. The Balaban J connectivity index is 3.22. The van der Waals surface area contributed by atoms with Crippen molar-refractivity contribution < 1.29 is 14.6 Å². The number of methoxy groups -OCH3 is 1. The fourth-order valence-corrected chi connectivity index (χ4v) is 2.69. The zero-order chi connectivity index (χ0) is 13.2. The van der Waals surface area contributed by atoms with E-state index >= 15 is 0 Å². The first-order valence-corrected chi connectivity index (χ1v) is 6.30. The van der Waals surface area contributed by atoms with Gasteiger partial charge in [-0.25, -0.2) is 0 Å². The van der Waals surface area contributed by atoms with Gasteiger partial charge in [0.2, 0.25) is 0 Å². The van der Waals surface area contributed by atoms with Crippen molar-refractivity contribution in [2.75, 3.05) is 7.11 Å². The lowest BCUT2D eigenvalue weighted by atomic mass is 10.1. The molecule has 1 aromatic rings. The zero-order valence-electron chi connectivity index (χ0n) is 10.8. The molecular formula is C13H18O3S. The average Bonchev–Trinajstić information content (AvgIpc) is 2.26. The van der Waals surface area contributed by atoms with Crippen molar-refractivity contribution in [1.29, 1.82) is 0 Å². The van der Waals surface area contributed by atoms with E-state index in [4.69, 9.17) is 9.84 Å². The second-order valence-corrected chi connectivity index (χ2v) is 5.45. The second kappa shape index (κ2) is 5.45. The summed E-state index contributed by atoms with van der Waals surface area (Å²) in [5.41, 5.74) is 3.29. The number of aryl methyl sites for hydroxylation is 2. The molecule has 3 nitrogen and oxygen atoms in total. The van der Waals surface area contributed by atoms with E-state index in [1.54, 1.807) is 14.0 Å². The molecule has 4 heteroatoms. The van der Waals surface area contributed by atoms with E-state index in [2.05, 4.69) is 6.07 Å². The number of carboxylic acid groups (broad SMARTS) is 1. The van der Waals surface area contributed by atoms with E-state index in [0.717, 1.165) is 27.3 Å². The van der Waals surface area contributed by atoms with Crippen LogP contribution in [0.5, 0.6) is 5.75 Å². The molecule has 0 amide bonds. The molecule has 1 unspecified atom stereocenters. The predicted octanol–water partition coefficient (Wildman–Crippen LogP) is 3.19. The van der Waals surface area contributed by atoms with Crippen LogP contribution in [0.3, 0.4) is 0 Å². The lowest BCUT2D eigenvalue weighted by molar-refractivity contribution is -0.136.